The molecule has 1 atom stereocenters. The molecule has 0 aromatic heterocycles. The van der Waals surface area contributed by atoms with Gasteiger partial charge < -0.3 is 15.2 Å². The first-order valence-electron chi connectivity index (χ1n) is 6.52. The molecule has 0 spiro atoms. The third kappa shape index (κ3) is 3.07. The molecule has 0 aliphatic carbocycles. The van der Waals surface area contributed by atoms with Crippen LogP contribution in [0.15, 0.2) is 30.3 Å². The Morgan fingerprint density at radius 3 is 2.57 bits per heavy atom. The van der Waals surface area contributed by atoms with E-state index < -0.39 is 17.7 Å². The number of halogens is 2. The number of hydrogen-bond donors (Lipinski definition) is 2. The Labute approximate surface area is 122 Å². The number of rotatable bonds is 4. The second-order valence-electron chi connectivity index (χ2n) is 4.84. The maximum absolute atomic E-state index is 14.0. The molecule has 2 aromatic rings. The van der Waals surface area contributed by atoms with Gasteiger partial charge in [-0.2, -0.15) is 0 Å². The Morgan fingerprint density at radius 1 is 1.19 bits per heavy atom. The summed E-state index contributed by atoms with van der Waals surface area (Å²) in [5.74, 6) is -0.720. The fourth-order valence-electron chi connectivity index (χ4n) is 2.09. The minimum atomic E-state index is -0.674. The molecule has 5 heteroatoms. The van der Waals surface area contributed by atoms with Gasteiger partial charge in [-0.05, 0) is 43.7 Å². The molecule has 0 radical (unpaired) electrons. The number of phenols is 1. The zero-order valence-electron chi connectivity index (χ0n) is 12.1. The van der Waals surface area contributed by atoms with Crippen LogP contribution in [0.3, 0.4) is 0 Å². The van der Waals surface area contributed by atoms with Gasteiger partial charge in [-0.1, -0.05) is 6.07 Å². The van der Waals surface area contributed by atoms with Crippen LogP contribution in [0.2, 0.25) is 0 Å². The molecule has 0 aliphatic rings. The van der Waals surface area contributed by atoms with Crippen LogP contribution in [0.1, 0.15) is 24.1 Å². The molecule has 0 saturated carbocycles. The van der Waals surface area contributed by atoms with Crippen LogP contribution in [-0.4, -0.2) is 12.2 Å². The highest BCUT2D eigenvalue weighted by Crippen LogP contribution is 2.32. The van der Waals surface area contributed by atoms with Crippen molar-refractivity contribution in [2.24, 2.45) is 0 Å². The highest BCUT2D eigenvalue weighted by atomic mass is 19.1. The van der Waals surface area contributed by atoms with Crippen molar-refractivity contribution in [2.45, 2.75) is 19.9 Å². The molecule has 3 nitrogen and oxygen atoms in total. The Bertz CT molecular complexity index is 659. The normalized spacial score (nSPS) is 12.0. The van der Waals surface area contributed by atoms with Crippen molar-refractivity contribution >= 4 is 5.69 Å². The number of methoxy groups -OCH3 is 1. The number of ether oxygens (including phenoxy) is 1. The third-order valence-electron chi connectivity index (χ3n) is 3.35. The SMILES string of the molecule is COc1ccc(O)c(C(C)Nc2c(F)ccc(C)c2F)c1. The summed E-state index contributed by atoms with van der Waals surface area (Å²) in [5, 5.41) is 12.7. The second-order valence-corrected chi connectivity index (χ2v) is 4.84. The van der Waals surface area contributed by atoms with Gasteiger partial charge in [0.25, 0.3) is 0 Å². The zero-order valence-corrected chi connectivity index (χ0v) is 12.1. The highest BCUT2D eigenvalue weighted by Gasteiger charge is 2.17. The van der Waals surface area contributed by atoms with E-state index in [9.17, 15) is 13.9 Å². The second kappa shape index (κ2) is 5.99. The maximum atomic E-state index is 14.0. The summed E-state index contributed by atoms with van der Waals surface area (Å²) in [6.07, 6.45) is 0. The molecule has 0 amide bonds. The quantitative estimate of drug-likeness (QED) is 0.889. The molecule has 0 fully saturated rings. The van der Waals surface area contributed by atoms with Gasteiger partial charge >= 0.3 is 0 Å². The van der Waals surface area contributed by atoms with Crippen molar-refractivity contribution in [3.63, 3.8) is 0 Å². The molecule has 21 heavy (non-hydrogen) atoms. The lowest BCUT2D eigenvalue weighted by Gasteiger charge is -2.19. The minimum absolute atomic E-state index is 0.0317. The minimum Gasteiger partial charge on any atom is -0.508 e. The number of nitrogens with one attached hydrogen (secondary N) is 1. The molecular formula is C16H17F2NO2. The summed E-state index contributed by atoms with van der Waals surface area (Å²) in [6, 6.07) is 6.81. The number of aryl methyl sites for hydroxylation is 1. The van der Waals surface area contributed by atoms with Gasteiger partial charge in [0.05, 0.1) is 13.2 Å². The van der Waals surface area contributed by atoms with Crippen molar-refractivity contribution in [3.8, 4) is 11.5 Å². The first-order valence-corrected chi connectivity index (χ1v) is 6.52. The standard InChI is InChI=1S/C16H17F2NO2/c1-9-4-6-13(17)16(15(9)18)19-10(2)12-8-11(21-3)5-7-14(12)20/h4-8,10,19-20H,1-3H3. The van der Waals surface area contributed by atoms with Crippen LogP contribution in [0.25, 0.3) is 0 Å². The van der Waals surface area contributed by atoms with Crippen LogP contribution < -0.4 is 10.1 Å². The Kier molecular flexibility index (Phi) is 4.31. The summed E-state index contributed by atoms with van der Waals surface area (Å²) < 4.78 is 32.8. The molecule has 0 saturated heterocycles. The molecular weight excluding hydrogens is 276 g/mol. The number of hydrogen-bond acceptors (Lipinski definition) is 3. The van der Waals surface area contributed by atoms with Crippen LogP contribution >= 0.6 is 0 Å². The molecule has 2 rings (SSSR count). The average molecular weight is 293 g/mol. The van der Waals surface area contributed by atoms with E-state index in [1.165, 1.54) is 25.3 Å². The Morgan fingerprint density at radius 2 is 1.90 bits per heavy atom. The first kappa shape index (κ1) is 15.1. The molecule has 2 aromatic carbocycles. The van der Waals surface area contributed by atoms with Gasteiger partial charge in [0.15, 0.2) is 5.82 Å². The zero-order chi connectivity index (χ0) is 15.6. The van der Waals surface area contributed by atoms with Gasteiger partial charge in [-0.3, -0.25) is 0 Å². The molecule has 0 heterocycles. The Balaban J connectivity index is 2.34. The predicted octanol–water partition coefficient (Wildman–Crippen LogP) is 4.16. The van der Waals surface area contributed by atoms with Crippen LogP contribution in [0.5, 0.6) is 11.5 Å². The van der Waals surface area contributed by atoms with Gasteiger partial charge in [0.1, 0.15) is 23.0 Å². The summed E-state index contributed by atoms with van der Waals surface area (Å²) in [7, 11) is 1.51. The predicted molar refractivity (Wildman–Crippen MR) is 77.8 cm³/mol. The van der Waals surface area contributed by atoms with Gasteiger partial charge in [0, 0.05) is 5.56 Å². The van der Waals surface area contributed by atoms with E-state index in [4.69, 9.17) is 4.74 Å². The monoisotopic (exact) mass is 293 g/mol. The van der Waals surface area contributed by atoms with Crippen LogP contribution in [-0.2, 0) is 0 Å². The highest BCUT2D eigenvalue weighted by molar-refractivity contribution is 5.52. The maximum Gasteiger partial charge on any atom is 0.152 e. The molecule has 2 N–H and O–H groups in total. The fourth-order valence-corrected chi connectivity index (χ4v) is 2.09. The van der Waals surface area contributed by atoms with Crippen LogP contribution in [0, 0.1) is 18.6 Å². The molecule has 0 aliphatic heterocycles. The number of aromatic hydroxyl groups is 1. The summed E-state index contributed by atoms with van der Waals surface area (Å²) in [4.78, 5) is 0. The van der Waals surface area contributed by atoms with Crippen LogP contribution in [0.4, 0.5) is 14.5 Å². The van der Waals surface area contributed by atoms with E-state index >= 15 is 0 Å². The van der Waals surface area contributed by atoms with Gasteiger partial charge in [-0.25, -0.2) is 8.78 Å². The first-order chi connectivity index (χ1) is 9.93. The summed E-state index contributed by atoms with van der Waals surface area (Å²) in [5.41, 5.74) is 0.639. The topological polar surface area (TPSA) is 41.5 Å². The third-order valence-corrected chi connectivity index (χ3v) is 3.35. The number of benzene rings is 2. The Hall–Kier alpha value is -2.30. The van der Waals surface area contributed by atoms with Crippen molar-refractivity contribution in [1.29, 1.82) is 0 Å². The lowest BCUT2D eigenvalue weighted by Crippen LogP contribution is -2.10. The van der Waals surface area contributed by atoms with E-state index in [1.54, 1.807) is 26.0 Å². The van der Waals surface area contributed by atoms with E-state index in [0.717, 1.165) is 0 Å². The molecule has 112 valence electrons. The van der Waals surface area contributed by atoms with Gasteiger partial charge in [-0.15, -0.1) is 0 Å². The van der Waals surface area contributed by atoms with E-state index in [0.29, 0.717) is 16.9 Å². The van der Waals surface area contributed by atoms with E-state index in [-0.39, 0.29) is 11.4 Å². The average Bonchev–Trinajstić information content (AvgIpc) is 2.48. The van der Waals surface area contributed by atoms with E-state index in [2.05, 4.69) is 5.32 Å². The molecule has 0 bridgehead atoms. The summed E-state index contributed by atoms with van der Waals surface area (Å²) >= 11 is 0. The van der Waals surface area contributed by atoms with Crippen molar-refractivity contribution in [2.75, 3.05) is 12.4 Å². The van der Waals surface area contributed by atoms with Crippen molar-refractivity contribution in [1.82, 2.24) is 0 Å². The fraction of sp³-hybridized carbons (Fsp3) is 0.250. The van der Waals surface area contributed by atoms with Gasteiger partial charge in [0.2, 0.25) is 0 Å². The van der Waals surface area contributed by atoms with Crippen molar-refractivity contribution < 1.29 is 18.6 Å². The molecule has 1 unspecified atom stereocenters. The largest absolute Gasteiger partial charge is 0.508 e. The number of anilines is 1. The summed E-state index contributed by atoms with van der Waals surface area (Å²) in [6.45, 7) is 3.27. The lowest BCUT2D eigenvalue weighted by atomic mass is 10.1. The van der Waals surface area contributed by atoms with Crippen molar-refractivity contribution in [3.05, 3.63) is 53.1 Å². The van der Waals surface area contributed by atoms with E-state index in [1.807, 2.05) is 0 Å². The smallest absolute Gasteiger partial charge is 0.152 e. The number of phenolic OH excluding ortho intramolecular Hbond substituents is 1. The lowest BCUT2D eigenvalue weighted by molar-refractivity contribution is 0.410.